The lowest BCUT2D eigenvalue weighted by atomic mass is 9.93. The van der Waals surface area contributed by atoms with Gasteiger partial charge in [-0.2, -0.15) is 0 Å². The first-order valence-electron chi connectivity index (χ1n) is 6.66. The second kappa shape index (κ2) is 4.84. The summed E-state index contributed by atoms with van der Waals surface area (Å²) in [7, 11) is 2.31. The number of hydrogen-bond acceptors (Lipinski definition) is 2. The largest absolute Gasteiger partial charge is 0.330 e. The van der Waals surface area contributed by atoms with Crippen LogP contribution in [-0.2, 0) is 0 Å². The summed E-state index contributed by atoms with van der Waals surface area (Å²) in [6, 6.07) is 0.868. The van der Waals surface area contributed by atoms with Gasteiger partial charge in [0.15, 0.2) is 0 Å². The summed E-state index contributed by atoms with van der Waals surface area (Å²) in [5.74, 6) is 0. The van der Waals surface area contributed by atoms with Gasteiger partial charge in [0.1, 0.15) is 0 Å². The zero-order valence-electron chi connectivity index (χ0n) is 10.2. The Hall–Kier alpha value is -0.0800. The van der Waals surface area contributed by atoms with Gasteiger partial charge in [0.2, 0.25) is 0 Å². The Bertz CT molecular complexity index is 193. The molecular formula is C13H26N2. The number of nitrogens with two attached hydrogens (primary N) is 1. The molecule has 0 unspecified atom stereocenters. The molecule has 2 N–H and O–H groups in total. The van der Waals surface area contributed by atoms with Crippen molar-refractivity contribution in [1.29, 1.82) is 0 Å². The van der Waals surface area contributed by atoms with Crippen molar-refractivity contribution < 1.29 is 0 Å². The predicted molar refractivity (Wildman–Crippen MR) is 64.8 cm³/mol. The molecule has 15 heavy (non-hydrogen) atoms. The lowest BCUT2D eigenvalue weighted by molar-refractivity contribution is 0.178. The Labute approximate surface area is 94.2 Å². The molecule has 88 valence electrons. The van der Waals surface area contributed by atoms with Gasteiger partial charge in [0, 0.05) is 6.04 Å². The lowest BCUT2D eigenvalue weighted by Gasteiger charge is -2.32. The fourth-order valence-electron chi connectivity index (χ4n) is 2.85. The molecule has 0 heterocycles. The first-order valence-corrected chi connectivity index (χ1v) is 6.66. The van der Waals surface area contributed by atoms with Gasteiger partial charge in [0.05, 0.1) is 0 Å². The number of nitrogens with zero attached hydrogens (tertiary/aromatic N) is 1. The maximum absolute atomic E-state index is 5.81. The number of rotatable bonds is 5. The molecule has 0 aromatic rings. The molecule has 0 amide bonds. The van der Waals surface area contributed by atoms with Crippen molar-refractivity contribution in [2.24, 2.45) is 11.1 Å². The van der Waals surface area contributed by atoms with Crippen LogP contribution in [0.2, 0.25) is 0 Å². The summed E-state index contributed by atoms with van der Waals surface area (Å²) < 4.78 is 0. The highest BCUT2D eigenvalue weighted by Gasteiger charge is 2.40. The second-order valence-electron chi connectivity index (χ2n) is 5.73. The quantitative estimate of drug-likeness (QED) is 0.755. The van der Waals surface area contributed by atoms with Crippen molar-refractivity contribution in [3.05, 3.63) is 0 Å². The van der Waals surface area contributed by atoms with Gasteiger partial charge in [-0.15, -0.1) is 0 Å². The third-order valence-electron chi connectivity index (χ3n) is 4.58. The van der Waals surface area contributed by atoms with Gasteiger partial charge in [-0.25, -0.2) is 0 Å². The summed E-state index contributed by atoms with van der Waals surface area (Å²) in [5, 5.41) is 0. The smallest absolute Gasteiger partial charge is 0.00922 e. The third-order valence-corrected chi connectivity index (χ3v) is 4.58. The van der Waals surface area contributed by atoms with Crippen LogP contribution in [-0.4, -0.2) is 31.1 Å². The van der Waals surface area contributed by atoms with Gasteiger partial charge in [0.25, 0.3) is 0 Å². The molecule has 0 radical (unpaired) electrons. The highest BCUT2D eigenvalue weighted by atomic mass is 15.1. The topological polar surface area (TPSA) is 29.3 Å². The first-order chi connectivity index (χ1) is 7.26. The van der Waals surface area contributed by atoms with Gasteiger partial charge < -0.3 is 10.6 Å². The van der Waals surface area contributed by atoms with Crippen molar-refractivity contribution in [3.63, 3.8) is 0 Å². The molecule has 0 aliphatic heterocycles. The zero-order chi connectivity index (χ0) is 10.7. The Kier molecular flexibility index (Phi) is 3.68. The first kappa shape index (κ1) is 11.4. The predicted octanol–water partition coefficient (Wildman–Crippen LogP) is 2.38. The van der Waals surface area contributed by atoms with Crippen LogP contribution in [0.3, 0.4) is 0 Å². The highest BCUT2D eigenvalue weighted by Crippen LogP contribution is 2.47. The summed E-state index contributed by atoms with van der Waals surface area (Å²) in [6.07, 6.45) is 11.3. The Morgan fingerprint density at radius 3 is 2.40 bits per heavy atom. The molecule has 0 aromatic heterocycles. The van der Waals surface area contributed by atoms with E-state index in [4.69, 9.17) is 5.73 Å². The van der Waals surface area contributed by atoms with Crippen LogP contribution in [0.1, 0.15) is 51.4 Å². The Morgan fingerprint density at radius 1 is 1.20 bits per heavy atom. The van der Waals surface area contributed by atoms with Crippen molar-refractivity contribution >= 4 is 0 Å². The maximum atomic E-state index is 5.81. The van der Waals surface area contributed by atoms with Crippen molar-refractivity contribution in [3.8, 4) is 0 Å². The second-order valence-corrected chi connectivity index (χ2v) is 5.73. The maximum Gasteiger partial charge on any atom is 0.00922 e. The SMILES string of the molecule is CN(CCC1(CN)CC1)C1CCCCC1. The van der Waals surface area contributed by atoms with Crippen LogP contribution in [0.25, 0.3) is 0 Å². The van der Waals surface area contributed by atoms with Crippen molar-refractivity contribution in [2.75, 3.05) is 20.1 Å². The van der Waals surface area contributed by atoms with Gasteiger partial charge in [-0.1, -0.05) is 19.3 Å². The summed E-state index contributed by atoms with van der Waals surface area (Å²) in [4.78, 5) is 2.59. The monoisotopic (exact) mass is 210 g/mol. The molecule has 2 rings (SSSR count). The van der Waals surface area contributed by atoms with Gasteiger partial charge in [-0.05, 0) is 57.7 Å². The fraction of sp³-hybridized carbons (Fsp3) is 1.00. The molecule has 0 spiro atoms. The van der Waals surface area contributed by atoms with Crippen LogP contribution < -0.4 is 5.73 Å². The molecular weight excluding hydrogens is 184 g/mol. The highest BCUT2D eigenvalue weighted by molar-refractivity contribution is 4.94. The lowest BCUT2D eigenvalue weighted by Crippen LogP contribution is -2.35. The molecule has 2 saturated carbocycles. The van der Waals surface area contributed by atoms with Crippen LogP contribution in [0.4, 0.5) is 0 Å². The zero-order valence-corrected chi connectivity index (χ0v) is 10.2. The average molecular weight is 210 g/mol. The molecule has 0 bridgehead atoms. The summed E-state index contributed by atoms with van der Waals surface area (Å²) in [5.41, 5.74) is 6.37. The van der Waals surface area contributed by atoms with E-state index in [1.807, 2.05) is 0 Å². The van der Waals surface area contributed by atoms with E-state index in [9.17, 15) is 0 Å². The van der Waals surface area contributed by atoms with Crippen molar-refractivity contribution in [1.82, 2.24) is 4.90 Å². The van der Waals surface area contributed by atoms with Crippen molar-refractivity contribution in [2.45, 2.75) is 57.4 Å². The van der Waals surface area contributed by atoms with Gasteiger partial charge >= 0.3 is 0 Å². The molecule has 0 saturated heterocycles. The van der Waals surface area contributed by atoms with E-state index in [0.29, 0.717) is 5.41 Å². The van der Waals surface area contributed by atoms with Crippen LogP contribution in [0.5, 0.6) is 0 Å². The van der Waals surface area contributed by atoms with E-state index < -0.39 is 0 Å². The molecule has 0 aromatic carbocycles. The molecule has 2 aliphatic rings. The molecule has 2 heteroatoms. The summed E-state index contributed by atoms with van der Waals surface area (Å²) >= 11 is 0. The molecule has 2 nitrogen and oxygen atoms in total. The minimum Gasteiger partial charge on any atom is -0.330 e. The van der Waals surface area contributed by atoms with E-state index in [2.05, 4.69) is 11.9 Å². The average Bonchev–Trinajstić information content (AvgIpc) is 3.08. The van der Waals surface area contributed by atoms with Crippen LogP contribution in [0.15, 0.2) is 0 Å². The van der Waals surface area contributed by atoms with E-state index in [0.717, 1.165) is 12.6 Å². The Morgan fingerprint density at radius 2 is 1.87 bits per heavy atom. The minimum atomic E-state index is 0.558. The Balaban J connectivity index is 1.69. The van der Waals surface area contributed by atoms with E-state index in [-0.39, 0.29) is 0 Å². The van der Waals surface area contributed by atoms with E-state index in [1.165, 1.54) is 57.9 Å². The fourth-order valence-corrected chi connectivity index (χ4v) is 2.85. The molecule has 2 aliphatic carbocycles. The normalized spacial score (nSPS) is 25.8. The minimum absolute atomic E-state index is 0.558. The van der Waals surface area contributed by atoms with Crippen LogP contribution >= 0.6 is 0 Å². The summed E-state index contributed by atoms with van der Waals surface area (Å²) in [6.45, 7) is 2.17. The standard InChI is InChI=1S/C13H26N2/c1-15(12-5-3-2-4-6-12)10-9-13(11-14)7-8-13/h12H,2-11,14H2,1H3. The third kappa shape index (κ3) is 2.94. The van der Waals surface area contributed by atoms with E-state index >= 15 is 0 Å². The molecule has 2 fully saturated rings. The number of hydrogen-bond donors (Lipinski definition) is 1. The van der Waals surface area contributed by atoms with E-state index in [1.54, 1.807) is 0 Å². The van der Waals surface area contributed by atoms with Gasteiger partial charge in [-0.3, -0.25) is 0 Å². The van der Waals surface area contributed by atoms with Crippen LogP contribution in [0, 0.1) is 5.41 Å². The molecule has 0 atom stereocenters.